The van der Waals surface area contributed by atoms with Crippen LogP contribution in [0.25, 0.3) is 0 Å². The molecular weight excluding hydrogens is 246 g/mol. The Morgan fingerprint density at radius 3 is 2.68 bits per heavy atom. The number of nitrogens with one attached hydrogen (secondary N) is 1. The summed E-state index contributed by atoms with van der Waals surface area (Å²) in [5.74, 6) is -0.343. The van der Waals surface area contributed by atoms with Gasteiger partial charge in [0.15, 0.2) is 0 Å². The van der Waals surface area contributed by atoms with E-state index in [9.17, 15) is 9.59 Å². The number of esters is 1. The molecule has 0 aliphatic carbocycles. The third-order valence-corrected chi connectivity index (χ3v) is 2.92. The molecule has 1 amide bonds. The molecule has 1 rings (SSSR count). The number of amides is 1. The molecule has 1 heterocycles. The summed E-state index contributed by atoms with van der Waals surface area (Å²) in [7, 11) is 3.19. The monoisotopic (exact) mass is 267 g/mol. The van der Waals surface area contributed by atoms with E-state index in [-0.39, 0.29) is 11.9 Å². The average molecular weight is 267 g/mol. The molecule has 0 spiro atoms. The molecule has 0 saturated heterocycles. The molecule has 0 saturated carbocycles. The molecule has 1 N–H and O–H groups in total. The maximum atomic E-state index is 11.7. The van der Waals surface area contributed by atoms with Crippen LogP contribution in [-0.2, 0) is 16.6 Å². The minimum atomic E-state index is -0.187. The quantitative estimate of drug-likeness (QED) is 0.595. The van der Waals surface area contributed by atoms with E-state index in [0.717, 1.165) is 25.0 Å². The van der Waals surface area contributed by atoms with Crippen molar-refractivity contribution >= 4 is 11.9 Å². The van der Waals surface area contributed by atoms with Gasteiger partial charge in [0.25, 0.3) is 5.91 Å². The first kappa shape index (κ1) is 15.2. The Kier molecular flexibility index (Phi) is 6.05. The summed E-state index contributed by atoms with van der Waals surface area (Å²) < 4.78 is 6.22. The Labute approximate surface area is 113 Å². The summed E-state index contributed by atoms with van der Waals surface area (Å²) in [6, 6.07) is 1.76. The molecule has 19 heavy (non-hydrogen) atoms. The predicted molar refractivity (Wildman–Crippen MR) is 70.8 cm³/mol. The van der Waals surface area contributed by atoms with Crippen molar-refractivity contribution in [3.05, 3.63) is 17.5 Å². The first-order chi connectivity index (χ1) is 9.04. The van der Waals surface area contributed by atoms with Gasteiger partial charge < -0.3 is 10.1 Å². The van der Waals surface area contributed by atoms with E-state index in [1.807, 2.05) is 6.92 Å². The topological polar surface area (TPSA) is 73.2 Å². The second kappa shape index (κ2) is 7.56. The highest BCUT2D eigenvalue weighted by Crippen LogP contribution is 2.02. The third kappa shape index (κ3) is 5.11. The second-order valence-electron chi connectivity index (χ2n) is 4.44. The largest absolute Gasteiger partial charge is 0.469 e. The molecular formula is C13H21N3O3. The Balaban J connectivity index is 2.16. The van der Waals surface area contributed by atoms with Gasteiger partial charge in [-0.3, -0.25) is 14.3 Å². The summed E-state index contributed by atoms with van der Waals surface area (Å²) in [5, 5.41) is 6.91. The molecule has 0 aliphatic heterocycles. The predicted octanol–water partition coefficient (Wildman–Crippen LogP) is 1.19. The number of nitrogens with zero attached hydrogens (tertiary/aromatic N) is 2. The number of aromatic nitrogens is 2. The van der Waals surface area contributed by atoms with E-state index in [1.165, 1.54) is 7.11 Å². The molecule has 0 aromatic carbocycles. The summed E-state index contributed by atoms with van der Waals surface area (Å²) in [6.07, 6.45) is 2.94. The molecule has 0 radical (unpaired) electrons. The van der Waals surface area contributed by atoms with Crippen LogP contribution in [0.2, 0.25) is 0 Å². The number of ether oxygens (including phenoxy) is 1. The van der Waals surface area contributed by atoms with Crippen molar-refractivity contribution in [2.45, 2.75) is 32.6 Å². The lowest BCUT2D eigenvalue weighted by Gasteiger charge is -2.03. The number of hydrogen-bond donors (Lipinski definition) is 1. The van der Waals surface area contributed by atoms with Crippen molar-refractivity contribution in [2.75, 3.05) is 13.7 Å². The molecule has 0 aliphatic rings. The van der Waals surface area contributed by atoms with E-state index in [0.29, 0.717) is 18.7 Å². The fourth-order valence-electron chi connectivity index (χ4n) is 1.64. The van der Waals surface area contributed by atoms with E-state index < -0.39 is 0 Å². The zero-order valence-corrected chi connectivity index (χ0v) is 11.7. The minimum absolute atomic E-state index is 0.156. The van der Waals surface area contributed by atoms with Crippen LogP contribution in [0.15, 0.2) is 6.07 Å². The van der Waals surface area contributed by atoms with Crippen molar-refractivity contribution in [1.82, 2.24) is 15.1 Å². The molecule has 6 heteroatoms. The second-order valence-corrected chi connectivity index (χ2v) is 4.44. The number of carbonyl (C=O) groups is 2. The number of methoxy groups -OCH3 is 1. The Morgan fingerprint density at radius 1 is 1.37 bits per heavy atom. The van der Waals surface area contributed by atoms with E-state index in [2.05, 4.69) is 15.2 Å². The molecule has 6 nitrogen and oxygen atoms in total. The van der Waals surface area contributed by atoms with Crippen LogP contribution in [0.4, 0.5) is 0 Å². The number of unbranched alkanes of at least 4 members (excludes halogenated alkanes) is 2. The van der Waals surface area contributed by atoms with Crippen molar-refractivity contribution in [3.8, 4) is 0 Å². The van der Waals surface area contributed by atoms with E-state index >= 15 is 0 Å². The van der Waals surface area contributed by atoms with Crippen LogP contribution < -0.4 is 5.32 Å². The number of aryl methyl sites for hydroxylation is 2. The van der Waals surface area contributed by atoms with Crippen molar-refractivity contribution in [1.29, 1.82) is 0 Å². The van der Waals surface area contributed by atoms with Gasteiger partial charge in [-0.05, 0) is 25.8 Å². The standard InChI is InChI=1S/C13H21N3O3/c1-10-9-11(15-16(10)2)13(18)14-8-6-4-5-7-12(17)19-3/h9H,4-8H2,1-3H3,(H,14,18). The van der Waals surface area contributed by atoms with Gasteiger partial charge in [0.1, 0.15) is 5.69 Å². The summed E-state index contributed by atoms with van der Waals surface area (Å²) >= 11 is 0. The summed E-state index contributed by atoms with van der Waals surface area (Å²) in [4.78, 5) is 22.6. The van der Waals surface area contributed by atoms with Crippen molar-refractivity contribution in [2.24, 2.45) is 7.05 Å². The first-order valence-corrected chi connectivity index (χ1v) is 6.40. The van der Waals surface area contributed by atoms with Gasteiger partial charge in [0.2, 0.25) is 0 Å². The van der Waals surface area contributed by atoms with E-state index in [4.69, 9.17) is 0 Å². The molecule has 0 atom stereocenters. The Hall–Kier alpha value is -1.85. The zero-order valence-electron chi connectivity index (χ0n) is 11.7. The van der Waals surface area contributed by atoms with Crippen LogP contribution in [0, 0.1) is 6.92 Å². The molecule has 1 aromatic heterocycles. The average Bonchev–Trinajstić information content (AvgIpc) is 2.73. The molecule has 1 aromatic rings. The molecule has 0 fully saturated rings. The summed E-state index contributed by atoms with van der Waals surface area (Å²) in [6.45, 7) is 2.49. The van der Waals surface area contributed by atoms with Crippen molar-refractivity contribution < 1.29 is 14.3 Å². The SMILES string of the molecule is COC(=O)CCCCCNC(=O)c1cc(C)n(C)n1. The lowest BCUT2D eigenvalue weighted by atomic mass is 10.2. The van der Waals surface area contributed by atoms with Crippen LogP contribution in [0.5, 0.6) is 0 Å². The van der Waals surface area contributed by atoms with Crippen LogP contribution in [0.3, 0.4) is 0 Å². The number of rotatable bonds is 7. The minimum Gasteiger partial charge on any atom is -0.469 e. The fourth-order valence-corrected chi connectivity index (χ4v) is 1.64. The van der Waals surface area contributed by atoms with Crippen LogP contribution in [0.1, 0.15) is 41.9 Å². The maximum Gasteiger partial charge on any atom is 0.305 e. The maximum absolute atomic E-state index is 11.7. The lowest BCUT2D eigenvalue weighted by molar-refractivity contribution is -0.140. The van der Waals surface area contributed by atoms with Gasteiger partial charge in [-0.15, -0.1) is 0 Å². The summed E-state index contributed by atoms with van der Waals surface area (Å²) in [5.41, 5.74) is 1.39. The Morgan fingerprint density at radius 2 is 2.11 bits per heavy atom. The van der Waals surface area contributed by atoms with Gasteiger partial charge in [-0.2, -0.15) is 5.10 Å². The van der Waals surface area contributed by atoms with Gasteiger partial charge in [0.05, 0.1) is 7.11 Å². The van der Waals surface area contributed by atoms with Gasteiger partial charge in [0, 0.05) is 25.7 Å². The van der Waals surface area contributed by atoms with Crippen molar-refractivity contribution in [3.63, 3.8) is 0 Å². The number of hydrogen-bond acceptors (Lipinski definition) is 4. The Bertz CT molecular complexity index is 421. The lowest BCUT2D eigenvalue weighted by Crippen LogP contribution is -2.25. The van der Waals surface area contributed by atoms with E-state index in [1.54, 1.807) is 17.8 Å². The van der Waals surface area contributed by atoms with Gasteiger partial charge >= 0.3 is 5.97 Å². The first-order valence-electron chi connectivity index (χ1n) is 6.40. The highest BCUT2D eigenvalue weighted by Gasteiger charge is 2.09. The highest BCUT2D eigenvalue weighted by atomic mass is 16.5. The fraction of sp³-hybridized carbons (Fsp3) is 0.615. The molecule has 106 valence electrons. The van der Waals surface area contributed by atoms with Gasteiger partial charge in [-0.25, -0.2) is 0 Å². The normalized spacial score (nSPS) is 10.3. The third-order valence-electron chi connectivity index (χ3n) is 2.92. The molecule has 0 unspecified atom stereocenters. The van der Waals surface area contributed by atoms with Crippen LogP contribution >= 0.6 is 0 Å². The smallest absolute Gasteiger partial charge is 0.305 e. The number of carbonyl (C=O) groups excluding carboxylic acids is 2. The molecule has 0 bridgehead atoms. The van der Waals surface area contributed by atoms with Gasteiger partial charge in [-0.1, -0.05) is 6.42 Å². The highest BCUT2D eigenvalue weighted by molar-refractivity contribution is 5.92. The zero-order chi connectivity index (χ0) is 14.3. The van der Waals surface area contributed by atoms with Crippen LogP contribution in [-0.4, -0.2) is 35.3 Å².